The smallest absolute Gasteiger partial charge is 0.309 e. The lowest BCUT2D eigenvalue weighted by Crippen LogP contribution is -1.97. The molecule has 0 fully saturated rings. The normalized spacial score (nSPS) is 11.1. The molecule has 0 aromatic heterocycles. The van der Waals surface area contributed by atoms with E-state index in [0.29, 0.717) is 0 Å². The Kier molecular flexibility index (Phi) is 3.51. The summed E-state index contributed by atoms with van der Waals surface area (Å²) in [6.45, 7) is 1.50. The molecule has 0 radical (unpaired) electrons. The zero-order chi connectivity index (χ0) is 7.28. The van der Waals surface area contributed by atoms with Crippen molar-refractivity contribution in [2.45, 2.75) is 13.3 Å². The standard InChI is InChI=1S/C6H10O3/c1-5(7)3-4-6(8)9-2/h3,7H,4H2,1-2H3. The lowest BCUT2D eigenvalue weighted by Gasteiger charge is -1.91. The molecule has 0 saturated heterocycles. The van der Waals surface area contributed by atoms with E-state index in [0.717, 1.165) is 0 Å². The Morgan fingerprint density at radius 1 is 1.78 bits per heavy atom. The Labute approximate surface area is 53.9 Å². The number of ether oxygens (including phenoxy) is 1. The predicted octanol–water partition coefficient (Wildman–Crippen LogP) is 1.01. The van der Waals surface area contributed by atoms with E-state index in [1.165, 1.54) is 20.1 Å². The molecule has 3 heteroatoms. The number of allylic oxidation sites excluding steroid dienone is 1. The quantitative estimate of drug-likeness (QED) is 0.448. The Bertz CT molecular complexity index is 122. The Balaban J connectivity index is 3.50. The van der Waals surface area contributed by atoms with Crippen LogP contribution in [-0.2, 0) is 9.53 Å². The first-order chi connectivity index (χ1) is 4.16. The fourth-order valence-electron chi connectivity index (χ4n) is 0.314. The van der Waals surface area contributed by atoms with E-state index in [2.05, 4.69) is 4.74 Å². The van der Waals surface area contributed by atoms with Gasteiger partial charge in [0.2, 0.25) is 0 Å². The maximum Gasteiger partial charge on any atom is 0.309 e. The van der Waals surface area contributed by atoms with E-state index >= 15 is 0 Å². The second-order valence-corrected chi connectivity index (χ2v) is 1.63. The summed E-state index contributed by atoms with van der Waals surface area (Å²) in [5.41, 5.74) is 0. The number of carbonyl (C=O) groups excluding carboxylic acids is 1. The lowest BCUT2D eigenvalue weighted by molar-refractivity contribution is -0.139. The molecule has 0 aromatic carbocycles. The third kappa shape index (κ3) is 4.87. The van der Waals surface area contributed by atoms with E-state index in [4.69, 9.17) is 5.11 Å². The lowest BCUT2D eigenvalue weighted by atomic mass is 10.4. The Hall–Kier alpha value is -0.990. The van der Waals surface area contributed by atoms with Crippen LogP contribution in [0.1, 0.15) is 13.3 Å². The van der Waals surface area contributed by atoms with Crippen LogP contribution in [0.25, 0.3) is 0 Å². The number of esters is 1. The number of methoxy groups -OCH3 is 1. The van der Waals surface area contributed by atoms with E-state index < -0.39 is 0 Å². The van der Waals surface area contributed by atoms with Crippen LogP contribution in [0.2, 0.25) is 0 Å². The van der Waals surface area contributed by atoms with Gasteiger partial charge >= 0.3 is 5.97 Å². The van der Waals surface area contributed by atoms with Gasteiger partial charge in [-0.2, -0.15) is 0 Å². The predicted molar refractivity (Wildman–Crippen MR) is 33.0 cm³/mol. The zero-order valence-electron chi connectivity index (χ0n) is 5.55. The van der Waals surface area contributed by atoms with Gasteiger partial charge in [-0.3, -0.25) is 4.79 Å². The van der Waals surface area contributed by atoms with Gasteiger partial charge in [0, 0.05) is 0 Å². The van der Waals surface area contributed by atoms with Gasteiger partial charge in [0.05, 0.1) is 19.3 Å². The molecule has 1 N–H and O–H groups in total. The summed E-state index contributed by atoms with van der Waals surface area (Å²) in [6.07, 6.45) is 1.53. The summed E-state index contributed by atoms with van der Waals surface area (Å²) < 4.78 is 4.31. The van der Waals surface area contributed by atoms with E-state index in [-0.39, 0.29) is 18.1 Å². The summed E-state index contributed by atoms with van der Waals surface area (Å²) in [4.78, 5) is 10.3. The number of aliphatic hydroxyl groups excluding tert-OH is 1. The van der Waals surface area contributed by atoms with Crippen LogP contribution in [0, 0.1) is 0 Å². The molecule has 0 aliphatic rings. The minimum Gasteiger partial charge on any atom is -0.513 e. The van der Waals surface area contributed by atoms with Crippen molar-refractivity contribution in [3.8, 4) is 0 Å². The topological polar surface area (TPSA) is 46.5 Å². The number of aliphatic hydroxyl groups is 1. The van der Waals surface area contributed by atoms with Gasteiger partial charge in [-0.05, 0) is 13.0 Å². The molecule has 0 aliphatic carbocycles. The van der Waals surface area contributed by atoms with Crippen molar-refractivity contribution in [3.05, 3.63) is 11.8 Å². The third-order valence-corrected chi connectivity index (χ3v) is 0.792. The van der Waals surface area contributed by atoms with Crippen LogP contribution in [0.3, 0.4) is 0 Å². The highest BCUT2D eigenvalue weighted by Gasteiger charge is 1.94. The van der Waals surface area contributed by atoms with Gasteiger partial charge in [-0.15, -0.1) is 0 Å². The van der Waals surface area contributed by atoms with Crippen molar-refractivity contribution >= 4 is 5.97 Å². The fourth-order valence-corrected chi connectivity index (χ4v) is 0.314. The van der Waals surface area contributed by atoms with E-state index in [1.807, 2.05) is 0 Å². The molecule has 0 spiro atoms. The van der Waals surface area contributed by atoms with Crippen molar-refractivity contribution in [1.82, 2.24) is 0 Å². The van der Waals surface area contributed by atoms with E-state index in [1.54, 1.807) is 0 Å². The highest BCUT2D eigenvalue weighted by Crippen LogP contribution is 1.90. The number of hydrogen-bond acceptors (Lipinski definition) is 3. The van der Waals surface area contributed by atoms with Gasteiger partial charge in [-0.25, -0.2) is 0 Å². The van der Waals surface area contributed by atoms with Gasteiger partial charge in [-0.1, -0.05) is 0 Å². The summed E-state index contributed by atoms with van der Waals surface area (Å²) >= 11 is 0. The zero-order valence-corrected chi connectivity index (χ0v) is 5.55. The van der Waals surface area contributed by atoms with Crippen LogP contribution in [0.4, 0.5) is 0 Å². The molecule has 0 unspecified atom stereocenters. The Morgan fingerprint density at radius 2 is 2.33 bits per heavy atom. The van der Waals surface area contributed by atoms with Crippen molar-refractivity contribution < 1.29 is 14.6 Å². The molecule has 0 rings (SSSR count). The number of hydrogen-bond donors (Lipinski definition) is 1. The van der Waals surface area contributed by atoms with Gasteiger partial charge in [0.1, 0.15) is 0 Å². The maximum absolute atomic E-state index is 10.3. The van der Waals surface area contributed by atoms with Crippen molar-refractivity contribution in [2.24, 2.45) is 0 Å². The average Bonchev–Trinajstić information content (AvgIpc) is 1.83. The van der Waals surface area contributed by atoms with Gasteiger partial charge in [0.25, 0.3) is 0 Å². The summed E-state index contributed by atoms with van der Waals surface area (Å²) in [5, 5.41) is 8.55. The minimum atomic E-state index is -0.344. The fraction of sp³-hybridized carbons (Fsp3) is 0.500. The first kappa shape index (κ1) is 8.01. The molecule has 0 atom stereocenters. The maximum atomic E-state index is 10.3. The van der Waals surface area contributed by atoms with Crippen LogP contribution in [0.15, 0.2) is 11.8 Å². The first-order valence-corrected chi connectivity index (χ1v) is 2.59. The molecule has 3 nitrogen and oxygen atoms in total. The summed E-state index contributed by atoms with van der Waals surface area (Å²) in [5.74, 6) is -0.205. The molecule has 0 bridgehead atoms. The second kappa shape index (κ2) is 3.95. The van der Waals surface area contributed by atoms with Crippen molar-refractivity contribution in [1.29, 1.82) is 0 Å². The molecular weight excluding hydrogens is 120 g/mol. The van der Waals surface area contributed by atoms with E-state index in [9.17, 15) is 4.79 Å². The molecule has 52 valence electrons. The number of carbonyl (C=O) groups is 1. The largest absolute Gasteiger partial charge is 0.513 e. The highest BCUT2D eigenvalue weighted by atomic mass is 16.5. The third-order valence-electron chi connectivity index (χ3n) is 0.792. The van der Waals surface area contributed by atoms with Crippen molar-refractivity contribution in [2.75, 3.05) is 7.11 Å². The molecule has 0 saturated carbocycles. The first-order valence-electron chi connectivity index (χ1n) is 2.59. The molecule has 0 aromatic rings. The molecule has 0 amide bonds. The van der Waals surface area contributed by atoms with Crippen LogP contribution < -0.4 is 0 Å². The van der Waals surface area contributed by atoms with Crippen molar-refractivity contribution in [3.63, 3.8) is 0 Å². The van der Waals surface area contributed by atoms with Crippen LogP contribution in [-0.4, -0.2) is 18.2 Å². The molecular formula is C6H10O3. The minimum absolute atomic E-state index is 0.138. The van der Waals surface area contributed by atoms with Gasteiger partial charge in [0.15, 0.2) is 0 Å². The molecule has 0 aliphatic heterocycles. The molecule has 9 heavy (non-hydrogen) atoms. The van der Waals surface area contributed by atoms with Gasteiger partial charge < -0.3 is 9.84 Å². The summed E-state index contributed by atoms with van der Waals surface area (Å²) in [6, 6.07) is 0. The van der Waals surface area contributed by atoms with Crippen LogP contribution >= 0.6 is 0 Å². The second-order valence-electron chi connectivity index (χ2n) is 1.63. The number of rotatable bonds is 2. The van der Waals surface area contributed by atoms with Crippen LogP contribution in [0.5, 0.6) is 0 Å². The monoisotopic (exact) mass is 130 g/mol. The molecule has 0 heterocycles. The average molecular weight is 130 g/mol. The summed E-state index contributed by atoms with van der Waals surface area (Å²) in [7, 11) is 1.31. The highest BCUT2D eigenvalue weighted by molar-refractivity contribution is 5.70. The Morgan fingerprint density at radius 3 is 2.67 bits per heavy atom. The SMILES string of the molecule is COC(=O)CC=C(C)O.